The molecule has 1 atom stereocenters. The molecule has 4 heteroatoms. The van der Waals surface area contributed by atoms with Gasteiger partial charge in [0.25, 0.3) is 0 Å². The molecule has 1 aliphatic heterocycles. The van der Waals surface area contributed by atoms with Crippen LogP contribution in [0.25, 0.3) is 0 Å². The molecule has 1 N–H and O–H groups in total. The monoisotopic (exact) mass is 288 g/mol. The molecule has 2 rings (SSSR count). The van der Waals surface area contributed by atoms with E-state index in [1.165, 1.54) is 0 Å². The van der Waals surface area contributed by atoms with Crippen molar-refractivity contribution in [1.29, 1.82) is 0 Å². The number of carbonyl (C=O) groups excluding carboxylic acids is 2. The van der Waals surface area contributed by atoms with E-state index in [0.29, 0.717) is 13.0 Å². The highest BCUT2D eigenvalue weighted by Gasteiger charge is 2.26. The summed E-state index contributed by atoms with van der Waals surface area (Å²) in [5.74, 6) is 0.155. The molecular formula is C17H24N2O2. The number of urea groups is 1. The molecule has 0 radical (unpaired) electrons. The minimum atomic E-state index is -0.0491. The quantitative estimate of drug-likeness (QED) is 0.925. The molecular weight excluding hydrogens is 264 g/mol. The number of hydrogen-bond acceptors (Lipinski definition) is 2. The smallest absolute Gasteiger partial charge is 0.317 e. The highest BCUT2D eigenvalue weighted by molar-refractivity contribution is 5.78. The number of rotatable bonds is 4. The van der Waals surface area contributed by atoms with E-state index in [1.807, 2.05) is 35.2 Å². The van der Waals surface area contributed by atoms with Crippen molar-refractivity contribution < 1.29 is 9.59 Å². The Bertz CT molecular complexity index is 473. The first-order valence-electron chi connectivity index (χ1n) is 7.74. The molecule has 0 bridgehead atoms. The lowest BCUT2D eigenvalue weighted by molar-refractivity contribution is -0.118. The van der Waals surface area contributed by atoms with Crippen molar-refractivity contribution in [2.75, 3.05) is 6.54 Å². The number of benzene rings is 1. The molecule has 21 heavy (non-hydrogen) atoms. The summed E-state index contributed by atoms with van der Waals surface area (Å²) in [5, 5.41) is 2.98. The summed E-state index contributed by atoms with van der Waals surface area (Å²) in [6.07, 6.45) is 4.65. The summed E-state index contributed by atoms with van der Waals surface area (Å²) in [5.41, 5.74) is 1.09. The molecule has 1 saturated heterocycles. The zero-order chi connectivity index (χ0) is 15.1. The molecule has 4 nitrogen and oxygen atoms in total. The third-order valence-electron chi connectivity index (χ3n) is 3.95. The maximum atomic E-state index is 12.4. The number of amides is 2. The van der Waals surface area contributed by atoms with Gasteiger partial charge in [0.2, 0.25) is 0 Å². The highest BCUT2D eigenvalue weighted by Crippen LogP contribution is 2.19. The first-order chi connectivity index (χ1) is 10.2. The van der Waals surface area contributed by atoms with Crippen molar-refractivity contribution in [3.63, 3.8) is 0 Å². The van der Waals surface area contributed by atoms with Gasteiger partial charge in [-0.2, -0.15) is 0 Å². The minimum Gasteiger partial charge on any atom is -0.334 e. The van der Waals surface area contributed by atoms with Crippen molar-refractivity contribution in [1.82, 2.24) is 10.2 Å². The first-order valence-corrected chi connectivity index (χ1v) is 7.74. The molecule has 0 aromatic heterocycles. The predicted molar refractivity (Wildman–Crippen MR) is 82.9 cm³/mol. The normalized spacial score (nSPS) is 18.9. The zero-order valence-electron chi connectivity index (χ0n) is 12.7. The zero-order valence-corrected chi connectivity index (χ0v) is 12.7. The Morgan fingerprint density at radius 2 is 1.95 bits per heavy atom. The SMILES string of the molecule is CC(=O)CC1CCCCCN1C(=O)NCc1ccccc1. The standard InChI is InChI=1S/C17H24N2O2/c1-14(20)12-16-10-6-3-7-11-19(16)17(21)18-13-15-8-4-2-5-9-15/h2,4-5,8-9,16H,3,6-7,10-13H2,1H3,(H,18,21). The van der Waals surface area contributed by atoms with Gasteiger partial charge in [-0.05, 0) is 25.3 Å². The van der Waals surface area contributed by atoms with E-state index in [4.69, 9.17) is 0 Å². The second-order valence-electron chi connectivity index (χ2n) is 5.75. The molecule has 114 valence electrons. The maximum Gasteiger partial charge on any atom is 0.317 e. The van der Waals surface area contributed by atoms with E-state index in [-0.39, 0.29) is 17.9 Å². The number of ketones is 1. The van der Waals surface area contributed by atoms with Gasteiger partial charge in [-0.3, -0.25) is 4.79 Å². The lowest BCUT2D eigenvalue weighted by atomic mass is 10.0. The Morgan fingerprint density at radius 3 is 2.67 bits per heavy atom. The average Bonchev–Trinajstić information content (AvgIpc) is 2.71. The van der Waals surface area contributed by atoms with Gasteiger partial charge in [0.05, 0.1) is 0 Å². The van der Waals surface area contributed by atoms with Crippen molar-refractivity contribution in [3.05, 3.63) is 35.9 Å². The van der Waals surface area contributed by atoms with Gasteiger partial charge in [0.1, 0.15) is 5.78 Å². The Labute approximate surface area is 126 Å². The van der Waals surface area contributed by atoms with Gasteiger partial charge < -0.3 is 10.2 Å². The summed E-state index contributed by atoms with van der Waals surface area (Å²) >= 11 is 0. The molecule has 1 fully saturated rings. The van der Waals surface area contributed by atoms with Crippen LogP contribution in [0.2, 0.25) is 0 Å². The summed E-state index contributed by atoms with van der Waals surface area (Å²) < 4.78 is 0. The summed E-state index contributed by atoms with van der Waals surface area (Å²) in [4.78, 5) is 25.7. The molecule has 1 heterocycles. The fraction of sp³-hybridized carbons (Fsp3) is 0.529. The third kappa shape index (κ3) is 4.88. The van der Waals surface area contributed by atoms with Gasteiger partial charge in [-0.1, -0.05) is 43.2 Å². The van der Waals surface area contributed by atoms with Crippen molar-refractivity contribution in [2.24, 2.45) is 0 Å². The van der Waals surface area contributed by atoms with Gasteiger partial charge in [-0.15, -0.1) is 0 Å². The summed E-state index contributed by atoms with van der Waals surface area (Å²) in [6, 6.07) is 9.89. The summed E-state index contributed by atoms with van der Waals surface area (Å²) in [7, 11) is 0. The van der Waals surface area contributed by atoms with Crippen LogP contribution in [-0.4, -0.2) is 29.3 Å². The van der Waals surface area contributed by atoms with E-state index >= 15 is 0 Å². The lowest BCUT2D eigenvalue weighted by Crippen LogP contribution is -2.46. The van der Waals surface area contributed by atoms with Crippen LogP contribution in [0.3, 0.4) is 0 Å². The molecule has 0 spiro atoms. The van der Waals surface area contributed by atoms with Gasteiger partial charge in [0.15, 0.2) is 0 Å². The fourth-order valence-corrected chi connectivity index (χ4v) is 2.86. The van der Waals surface area contributed by atoms with E-state index in [2.05, 4.69) is 5.32 Å². The van der Waals surface area contributed by atoms with Crippen LogP contribution in [0, 0.1) is 0 Å². The minimum absolute atomic E-state index is 0.0491. The van der Waals surface area contributed by atoms with Crippen LogP contribution in [0.5, 0.6) is 0 Å². The largest absolute Gasteiger partial charge is 0.334 e. The van der Waals surface area contributed by atoms with Crippen molar-refractivity contribution in [3.8, 4) is 0 Å². The molecule has 2 amide bonds. The maximum absolute atomic E-state index is 12.4. The second kappa shape index (κ2) is 7.81. The molecule has 1 aromatic rings. The van der Waals surface area contributed by atoms with Crippen molar-refractivity contribution >= 4 is 11.8 Å². The molecule has 1 unspecified atom stereocenters. The number of nitrogens with zero attached hydrogens (tertiary/aromatic N) is 1. The molecule has 1 aromatic carbocycles. The van der Waals surface area contributed by atoms with Gasteiger partial charge in [0, 0.05) is 25.6 Å². The predicted octanol–water partition coefficient (Wildman–Crippen LogP) is 3.12. The van der Waals surface area contributed by atoms with Crippen LogP contribution < -0.4 is 5.32 Å². The Balaban J connectivity index is 1.95. The van der Waals surface area contributed by atoms with Crippen LogP contribution in [0.1, 0.15) is 44.6 Å². The highest BCUT2D eigenvalue weighted by atomic mass is 16.2. The van der Waals surface area contributed by atoms with Crippen LogP contribution >= 0.6 is 0 Å². The number of likely N-dealkylation sites (tertiary alicyclic amines) is 1. The number of Topliss-reactive ketones (excluding diaryl/α,β-unsaturated/α-hetero) is 1. The van der Waals surface area contributed by atoms with E-state index in [0.717, 1.165) is 37.8 Å². The lowest BCUT2D eigenvalue weighted by Gasteiger charge is -2.29. The Kier molecular flexibility index (Phi) is 5.78. The first kappa shape index (κ1) is 15.5. The fourth-order valence-electron chi connectivity index (χ4n) is 2.86. The van der Waals surface area contributed by atoms with Crippen LogP contribution in [-0.2, 0) is 11.3 Å². The number of nitrogens with one attached hydrogen (secondary N) is 1. The van der Waals surface area contributed by atoms with Gasteiger partial charge in [-0.25, -0.2) is 4.79 Å². The topological polar surface area (TPSA) is 49.4 Å². The second-order valence-corrected chi connectivity index (χ2v) is 5.75. The van der Waals surface area contributed by atoms with Crippen LogP contribution in [0.15, 0.2) is 30.3 Å². The van der Waals surface area contributed by atoms with E-state index in [1.54, 1.807) is 6.92 Å². The Hall–Kier alpha value is -1.84. The molecule has 0 aliphatic carbocycles. The summed E-state index contributed by atoms with van der Waals surface area (Å²) in [6.45, 7) is 2.88. The molecule has 1 aliphatic rings. The van der Waals surface area contributed by atoms with Crippen LogP contribution in [0.4, 0.5) is 4.79 Å². The number of carbonyl (C=O) groups is 2. The van der Waals surface area contributed by atoms with Gasteiger partial charge >= 0.3 is 6.03 Å². The molecule has 0 saturated carbocycles. The number of hydrogen-bond donors (Lipinski definition) is 1. The average molecular weight is 288 g/mol. The third-order valence-corrected chi connectivity index (χ3v) is 3.95. The van der Waals surface area contributed by atoms with Crippen molar-refractivity contribution in [2.45, 2.75) is 51.6 Å². The Morgan fingerprint density at radius 1 is 1.19 bits per heavy atom. The van der Waals surface area contributed by atoms with E-state index < -0.39 is 0 Å². The van der Waals surface area contributed by atoms with E-state index in [9.17, 15) is 9.59 Å².